The molecule has 0 radical (unpaired) electrons. The molecule has 0 N–H and O–H groups in total. The van der Waals surface area contributed by atoms with Crippen LogP contribution in [0.2, 0.25) is 0 Å². The van der Waals surface area contributed by atoms with Crippen molar-refractivity contribution in [3.63, 3.8) is 0 Å². The summed E-state index contributed by atoms with van der Waals surface area (Å²) in [5.74, 6) is -2.92. The molecule has 0 bridgehead atoms. The number of unbranched alkanes of at least 4 members (excludes halogenated alkanes) is 1. The van der Waals surface area contributed by atoms with Crippen LogP contribution in [0, 0.1) is 0 Å². The molecule has 0 saturated heterocycles. The van der Waals surface area contributed by atoms with Gasteiger partial charge in [0, 0.05) is 6.16 Å². The van der Waals surface area contributed by atoms with E-state index >= 15 is 0 Å². The Morgan fingerprint density at radius 1 is 0.810 bits per heavy atom. The molecule has 0 spiro atoms. The van der Waals surface area contributed by atoms with Crippen molar-refractivity contribution in [1.82, 2.24) is 0 Å². The highest BCUT2D eigenvalue weighted by atomic mass is 35.9. The van der Waals surface area contributed by atoms with E-state index in [1.165, 1.54) is 10.6 Å². The lowest BCUT2D eigenvalue weighted by Crippen LogP contribution is -2.13. The minimum absolute atomic E-state index is 0.374. The first kappa shape index (κ1) is 17.0. The highest BCUT2D eigenvalue weighted by molar-refractivity contribution is 8.08. The molecule has 0 aliphatic carbocycles. The number of halogens is 2. The Morgan fingerprint density at radius 2 is 1.29 bits per heavy atom. The fourth-order valence-corrected chi connectivity index (χ4v) is 5.92. The maximum atomic E-state index is 11.3. The van der Waals surface area contributed by atoms with Gasteiger partial charge >= 0.3 is 0 Å². The summed E-state index contributed by atoms with van der Waals surface area (Å²) in [6.07, 6.45) is 3.27. The number of hydrogen-bond acceptors (Lipinski definition) is 1. The highest BCUT2D eigenvalue weighted by Crippen LogP contribution is 2.57. The van der Waals surface area contributed by atoms with Gasteiger partial charge in [-0.05, 0) is 60.0 Å². The molecule has 5 heteroatoms. The monoisotopic (exact) mass is 358 g/mol. The third-order valence-corrected chi connectivity index (χ3v) is 7.64. The van der Waals surface area contributed by atoms with Gasteiger partial charge in [-0.25, -0.2) is 0 Å². The summed E-state index contributed by atoms with van der Waals surface area (Å²) in [5, 5.41) is 2.75. The Labute approximate surface area is 137 Å². The van der Waals surface area contributed by atoms with Gasteiger partial charge in [-0.2, -0.15) is 0 Å². The zero-order valence-electron chi connectivity index (χ0n) is 11.7. The second-order valence-corrected chi connectivity index (χ2v) is 12.5. The van der Waals surface area contributed by atoms with Gasteiger partial charge < -0.3 is 0 Å². The maximum absolute atomic E-state index is 11.3. The van der Waals surface area contributed by atoms with Crippen molar-refractivity contribution in [1.29, 1.82) is 0 Å². The first-order chi connectivity index (χ1) is 10.1. The number of rotatable bonds is 7. The van der Waals surface area contributed by atoms with Crippen LogP contribution in [0.4, 0.5) is 0 Å². The Hall–Kier alpha value is -0.320. The van der Waals surface area contributed by atoms with Crippen molar-refractivity contribution in [2.75, 3.05) is 12.3 Å². The van der Waals surface area contributed by atoms with Crippen LogP contribution in [0.5, 0.6) is 0 Å². The van der Waals surface area contributed by atoms with Gasteiger partial charge in [-0.3, -0.25) is 4.57 Å². The molecule has 21 heavy (non-hydrogen) atoms. The van der Waals surface area contributed by atoms with Crippen LogP contribution in [-0.2, 0) is 4.57 Å². The lowest BCUT2D eigenvalue weighted by Gasteiger charge is -2.18. The summed E-state index contributed by atoms with van der Waals surface area (Å²) < 4.78 is 11.3. The van der Waals surface area contributed by atoms with Gasteiger partial charge in [0.25, 0.3) is 5.85 Å². The van der Waals surface area contributed by atoms with E-state index < -0.39 is 5.85 Å². The molecular formula is C16H18Cl2OP2. The normalized spacial score (nSPS) is 11.8. The quantitative estimate of drug-likeness (QED) is 0.467. The van der Waals surface area contributed by atoms with Crippen molar-refractivity contribution >= 4 is 46.9 Å². The third-order valence-electron chi connectivity index (χ3n) is 3.19. The summed E-state index contributed by atoms with van der Waals surface area (Å²) in [6.45, 7) is 0. The molecule has 2 rings (SSSR count). The van der Waals surface area contributed by atoms with Gasteiger partial charge in [0.05, 0.1) is 0 Å². The first-order valence-electron chi connectivity index (χ1n) is 6.92. The van der Waals surface area contributed by atoms with E-state index in [1.54, 1.807) is 0 Å². The van der Waals surface area contributed by atoms with E-state index in [4.69, 9.17) is 22.5 Å². The van der Waals surface area contributed by atoms with E-state index in [2.05, 4.69) is 48.5 Å². The Morgan fingerprint density at radius 3 is 1.71 bits per heavy atom. The Kier molecular flexibility index (Phi) is 6.77. The molecule has 0 unspecified atom stereocenters. The second-order valence-electron chi connectivity index (χ2n) is 4.82. The number of benzene rings is 2. The van der Waals surface area contributed by atoms with Crippen LogP contribution < -0.4 is 10.6 Å². The molecular weight excluding hydrogens is 341 g/mol. The molecule has 0 amide bonds. The average Bonchev–Trinajstić information content (AvgIpc) is 2.48. The first-order valence-corrected chi connectivity index (χ1v) is 12.2. The van der Waals surface area contributed by atoms with Gasteiger partial charge in [0.1, 0.15) is 0 Å². The largest absolute Gasteiger partial charge is 0.289 e. The maximum Gasteiger partial charge on any atom is 0.253 e. The summed E-state index contributed by atoms with van der Waals surface area (Å²) in [6, 6.07) is 21.2. The van der Waals surface area contributed by atoms with Crippen molar-refractivity contribution in [2.45, 2.75) is 12.8 Å². The van der Waals surface area contributed by atoms with E-state index in [9.17, 15) is 4.57 Å². The minimum Gasteiger partial charge on any atom is -0.289 e. The van der Waals surface area contributed by atoms with E-state index in [-0.39, 0.29) is 7.92 Å². The van der Waals surface area contributed by atoms with Gasteiger partial charge in [0.15, 0.2) is 0 Å². The van der Waals surface area contributed by atoms with Crippen LogP contribution in [0.15, 0.2) is 60.7 Å². The second kappa shape index (κ2) is 8.35. The van der Waals surface area contributed by atoms with Crippen molar-refractivity contribution in [3.05, 3.63) is 60.7 Å². The topological polar surface area (TPSA) is 17.1 Å². The molecule has 112 valence electrons. The highest BCUT2D eigenvalue weighted by Gasteiger charge is 2.16. The van der Waals surface area contributed by atoms with Crippen LogP contribution >= 0.6 is 36.3 Å². The molecule has 0 aliphatic heterocycles. The fourth-order valence-electron chi connectivity index (χ4n) is 2.19. The molecule has 0 heterocycles. The SMILES string of the molecule is O=P(Cl)(Cl)CCCCP(c1ccccc1)c1ccccc1. The molecule has 1 nitrogen and oxygen atoms in total. The molecule has 2 aromatic carbocycles. The Balaban J connectivity index is 2.05. The van der Waals surface area contributed by atoms with Gasteiger partial charge in [-0.1, -0.05) is 60.7 Å². The van der Waals surface area contributed by atoms with Crippen LogP contribution in [0.1, 0.15) is 12.8 Å². The lowest BCUT2D eigenvalue weighted by atomic mass is 10.4. The average molecular weight is 359 g/mol. The summed E-state index contributed by atoms with van der Waals surface area (Å²) in [4.78, 5) is 0. The summed E-state index contributed by atoms with van der Waals surface area (Å²) in [7, 11) is -0.374. The predicted octanol–water partition coefficient (Wildman–Crippen LogP) is 5.57. The van der Waals surface area contributed by atoms with Gasteiger partial charge in [0.2, 0.25) is 0 Å². The van der Waals surface area contributed by atoms with Crippen LogP contribution in [0.25, 0.3) is 0 Å². The van der Waals surface area contributed by atoms with E-state index in [0.29, 0.717) is 6.16 Å². The molecule has 2 aromatic rings. The molecule has 0 saturated carbocycles. The third kappa shape index (κ3) is 6.13. The molecule has 0 fully saturated rings. The van der Waals surface area contributed by atoms with E-state index in [0.717, 1.165) is 19.0 Å². The zero-order valence-corrected chi connectivity index (χ0v) is 15.0. The van der Waals surface area contributed by atoms with Crippen molar-refractivity contribution < 1.29 is 4.57 Å². The molecule has 0 aromatic heterocycles. The molecule has 0 aliphatic rings. The standard InChI is InChI=1S/C16H18Cl2OP2/c17-21(18,19)14-8-7-13-20(15-9-3-1-4-10-15)16-11-5-2-6-12-16/h1-6,9-12H,7-8,13-14H2. The smallest absolute Gasteiger partial charge is 0.253 e. The minimum atomic E-state index is -2.92. The Bertz CT molecular complexity index is 544. The fraction of sp³-hybridized carbons (Fsp3) is 0.250. The van der Waals surface area contributed by atoms with Crippen LogP contribution in [0.3, 0.4) is 0 Å². The van der Waals surface area contributed by atoms with Crippen molar-refractivity contribution in [3.8, 4) is 0 Å². The number of hydrogen-bond donors (Lipinski definition) is 0. The zero-order chi connectivity index (χ0) is 15.1. The van der Waals surface area contributed by atoms with Crippen molar-refractivity contribution in [2.24, 2.45) is 0 Å². The lowest BCUT2D eigenvalue weighted by molar-refractivity contribution is 0.591. The van der Waals surface area contributed by atoms with Crippen LogP contribution in [-0.4, -0.2) is 12.3 Å². The van der Waals surface area contributed by atoms with Gasteiger partial charge in [-0.15, -0.1) is 0 Å². The predicted molar refractivity (Wildman–Crippen MR) is 97.4 cm³/mol. The molecule has 0 atom stereocenters. The van der Waals surface area contributed by atoms with E-state index in [1.807, 2.05) is 12.1 Å². The summed E-state index contributed by atoms with van der Waals surface area (Å²) >= 11 is 11.2. The summed E-state index contributed by atoms with van der Waals surface area (Å²) in [5.41, 5.74) is 0.